The Balaban J connectivity index is 0.00000484. The van der Waals surface area contributed by atoms with Gasteiger partial charge in [0.25, 0.3) is 0 Å². The summed E-state index contributed by atoms with van der Waals surface area (Å²) in [6.07, 6.45) is -0.104. The first-order chi connectivity index (χ1) is 10.4. The lowest BCUT2D eigenvalue weighted by Crippen LogP contribution is -2.31. The molecule has 1 amide bonds. The summed E-state index contributed by atoms with van der Waals surface area (Å²) in [5.41, 5.74) is 6.26. The van der Waals surface area contributed by atoms with Gasteiger partial charge in [0.1, 0.15) is 0 Å². The van der Waals surface area contributed by atoms with Gasteiger partial charge in [-0.1, -0.05) is 19.1 Å². The fraction of sp³-hybridized carbons (Fsp3) is 0.500. The molecule has 0 aliphatic heterocycles. The molecule has 0 saturated carbocycles. The SMILES string of the molecule is CCNS(=O)(=O)c1ccc(CNC(=O)CC(CN)OC)cc1.Cl. The molecule has 1 aromatic rings. The molecule has 132 valence electrons. The number of amides is 1. The fourth-order valence-corrected chi connectivity index (χ4v) is 2.84. The molecule has 7 nitrogen and oxygen atoms in total. The van der Waals surface area contributed by atoms with Crippen LogP contribution in [0.3, 0.4) is 0 Å². The summed E-state index contributed by atoms with van der Waals surface area (Å²) in [5.74, 6) is -0.165. The second kappa shape index (κ2) is 10.6. The van der Waals surface area contributed by atoms with Crippen molar-refractivity contribution >= 4 is 28.3 Å². The minimum Gasteiger partial charge on any atom is -0.380 e. The average Bonchev–Trinajstić information content (AvgIpc) is 2.51. The normalized spacial score (nSPS) is 12.3. The van der Waals surface area contributed by atoms with Crippen LogP contribution >= 0.6 is 12.4 Å². The topological polar surface area (TPSA) is 111 Å². The van der Waals surface area contributed by atoms with E-state index in [0.29, 0.717) is 13.1 Å². The lowest BCUT2D eigenvalue weighted by atomic mass is 10.2. The van der Waals surface area contributed by atoms with Crippen molar-refractivity contribution in [1.82, 2.24) is 10.0 Å². The molecule has 0 aliphatic rings. The molecular formula is C14H24ClN3O4S. The van der Waals surface area contributed by atoms with Gasteiger partial charge in [0.2, 0.25) is 15.9 Å². The van der Waals surface area contributed by atoms with Crippen LogP contribution in [0.15, 0.2) is 29.2 Å². The molecule has 1 unspecified atom stereocenters. The highest BCUT2D eigenvalue weighted by Crippen LogP contribution is 2.10. The number of sulfonamides is 1. The first kappa shape index (κ1) is 21.8. The molecule has 4 N–H and O–H groups in total. The van der Waals surface area contributed by atoms with Gasteiger partial charge in [-0.25, -0.2) is 13.1 Å². The maximum absolute atomic E-state index is 11.8. The Morgan fingerprint density at radius 1 is 1.30 bits per heavy atom. The van der Waals surface area contributed by atoms with E-state index in [1.54, 1.807) is 19.1 Å². The molecule has 0 radical (unpaired) electrons. The molecule has 9 heteroatoms. The standard InChI is InChI=1S/C14H23N3O4S.ClH/c1-3-17-22(19,20)13-6-4-11(5-7-13)10-16-14(18)8-12(9-15)21-2;/h4-7,12,17H,3,8-10,15H2,1-2H3,(H,16,18);1H. The maximum Gasteiger partial charge on any atom is 0.240 e. The van der Waals surface area contributed by atoms with Gasteiger partial charge < -0.3 is 15.8 Å². The molecule has 0 spiro atoms. The van der Waals surface area contributed by atoms with E-state index in [4.69, 9.17) is 10.5 Å². The zero-order valence-corrected chi connectivity index (χ0v) is 14.9. The highest BCUT2D eigenvalue weighted by atomic mass is 35.5. The van der Waals surface area contributed by atoms with Gasteiger partial charge in [-0.3, -0.25) is 4.79 Å². The summed E-state index contributed by atoms with van der Waals surface area (Å²) in [4.78, 5) is 11.9. The highest BCUT2D eigenvalue weighted by Gasteiger charge is 2.13. The molecule has 0 bridgehead atoms. The predicted octanol–water partition coefficient (Wildman–Crippen LogP) is 0.387. The largest absolute Gasteiger partial charge is 0.380 e. The number of halogens is 1. The minimum absolute atomic E-state index is 0. The van der Waals surface area contributed by atoms with Crippen molar-refractivity contribution in [3.8, 4) is 0 Å². The van der Waals surface area contributed by atoms with Crippen LogP contribution in [0.5, 0.6) is 0 Å². The number of nitrogens with one attached hydrogen (secondary N) is 2. The number of carbonyl (C=O) groups is 1. The fourth-order valence-electron chi connectivity index (χ4n) is 1.80. The van der Waals surface area contributed by atoms with Crippen LogP contribution in [0.4, 0.5) is 0 Å². The Morgan fingerprint density at radius 2 is 1.91 bits per heavy atom. The van der Waals surface area contributed by atoms with Crippen molar-refractivity contribution in [3.63, 3.8) is 0 Å². The van der Waals surface area contributed by atoms with E-state index in [1.165, 1.54) is 19.2 Å². The molecule has 0 aliphatic carbocycles. The summed E-state index contributed by atoms with van der Waals surface area (Å²) in [5, 5.41) is 2.74. The van der Waals surface area contributed by atoms with E-state index in [1.807, 2.05) is 0 Å². The van der Waals surface area contributed by atoms with Crippen LogP contribution in [0.1, 0.15) is 18.9 Å². The van der Waals surface area contributed by atoms with Crippen molar-refractivity contribution in [2.24, 2.45) is 5.73 Å². The smallest absolute Gasteiger partial charge is 0.240 e. The summed E-state index contributed by atoms with van der Waals surface area (Å²) in [6, 6.07) is 6.36. The van der Waals surface area contributed by atoms with Gasteiger partial charge in [-0.15, -0.1) is 12.4 Å². The van der Waals surface area contributed by atoms with Crippen LogP contribution in [-0.2, 0) is 26.1 Å². The number of nitrogens with two attached hydrogens (primary N) is 1. The van der Waals surface area contributed by atoms with Crippen LogP contribution in [0, 0.1) is 0 Å². The first-order valence-electron chi connectivity index (χ1n) is 7.01. The average molecular weight is 366 g/mol. The number of benzene rings is 1. The Morgan fingerprint density at radius 3 is 2.39 bits per heavy atom. The van der Waals surface area contributed by atoms with Crippen molar-refractivity contribution in [3.05, 3.63) is 29.8 Å². The van der Waals surface area contributed by atoms with Gasteiger partial charge in [0, 0.05) is 26.7 Å². The van der Waals surface area contributed by atoms with E-state index >= 15 is 0 Å². The van der Waals surface area contributed by atoms with Crippen LogP contribution in [0.2, 0.25) is 0 Å². The van der Waals surface area contributed by atoms with Crippen LogP contribution in [0.25, 0.3) is 0 Å². The number of hydrogen-bond acceptors (Lipinski definition) is 5. The maximum atomic E-state index is 11.8. The third kappa shape index (κ3) is 7.28. The van der Waals surface area contributed by atoms with Crippen molar-refractivity contribution in [2.45, 2.75) is 30.9 Å². The molecule has 1 atom stereocenters. The number of hydrogen-bond donors (Lipinski definition) is 3. The summed E-state index contributed by atoms with van der Waals surface area (Å²) >= 11 is 0. The van der Waals surface area contributed by atoms with E-state index in [2.05, 4.69) is 10.0 Å². The van der Waals surface area contributed by atoms with Crippen LogP contribution in [-0.4, -0.2) is 40.6 Å². The Kier molecular flexibility index (Phi) is 10.0. The molecular weight excluding hydrogens is 342 g/mol. The van der Waals surface area contributed by atoms with E-state index in [9.17, 15) is 13.2 Å². The summed E-state index contributed by atoms with van der Waals surface area (Å²) < 4.78 is 31.0. The van der Waals surface area contributed by atoms with Crippen molar-refractivity contribution < 1.29 is 17.9 Å². The van der Waals surface area contributed by atoms with Gasteiger partial charge in [0.15, 0.2) is 0 Å². The summed E-state index contributed by atoms with van der Waals surface area (Å²) in [7, 11) is -1.94. The molecule has 0 fully saturated rings. The molecule has 0 heterocycles. The van der Waals surface area contributed by atoms with Crippen molar-refractivity contribution in [1.29, 1.82) is 0 Å². The van der Waals surface area contributed by atoms with E-state index < -0.39 is 10.0 Å². The lowest BCUT2D eigenvalue weighted by molar-refractivity contribution is -0.123. The Hall–Kier alpha value is -1.19. The number of carbonyl (C=O) groups excluding carboxylic acids is 1. The third-order valence-corrected chi connectivity index (χ3v) is 4.63. The highest BCUT2D eigenvalue weighted by molar-refractivity contribution is 7.89. The van der Waals surface area contributed by atoms with Gasteiger partial charge >= 0.3 is 0 Å². The molecule has 1 aromatic carbocycles. The second-order valence-corrected chi connectivity index (χ2v) is 6.49. The molecule has 0 aromatic heterocycles. The number of ether oxygens (including phenoxy) is 1. The Bertz CT molecular complexity index is 574. The minimum atomic E-state index is -3.45. The first-order valence-corrected chi connectivity index (χ1v) is 8.49. The number of rotatable bonds is 9. The molecule has 23 heavy (non-hydrogen) atoms. The molecule has 1 rings (SSSR count). The Labute approximate surface area is 143 Å². The number of methoxy groups -OCH3 is 1. The zero-order valence-electron chi connectivity index (χ0n) is 13.2. The van der Waals surface area contributed by atoms with Crippen LogP contribution < -0.4 is 15.8 Å². The van der Waals surface area contributed by atoms with Gasteiger partial charge in [-0.05, 0) is 17.7 Å². The van der Waals surface area contributed by atoms with Gasteiger partial charge in [-0.2, -0.15) is 0 Å². The van der Waals surface area contributed by atoms with E-state index in [-0.39, 0.29) is 42.3 Å². The molecule has 0 saturated heterocycles. The predicted molar refractivity (Wildman–Crippen MR) is 90.9 cm³/mol. The summed E-state index contributed by atoms with van der Waals surface area (Å²) in [6.45, 7) is 2.65. The second-order valence-electron chi connectivity index (χ2n) is 4.72. The zero-order chi connectivity index (χ0) is 16.6. The monoisotopic (exact) mass is 365 g/mol. The quantitative estimate of drug-likeness (QED) is 0.586. The van der Waals surface area contributed by atoms with E-state index in [0.717, 1.165) is 5.56 Å². The third-order valence-electron chi connectivity index (χ3n) is 3.07. The van der Waals surface area contributed by atoms with Gasteiger partial charge in [0.05, 0.1) is 17.4 Å². The lowest BCUT2D eigenvalue weighted by Gasteiger charge is -2.12. The van der Waals surface area contributed by atoms with Crippen molar-refractivity contribution in [2.75, 3.05) is 20.2 Å².